The molecule has 5 nitrogen and oxygen atoms in total. The topological polar surface area (TPSA) is 73.6 Å². The number of nitrogens with one attached hydrogen (secondary N) is 1. The molecule has 0 radical (unpaired) electrons. The second-order valence-electron chi connectivity index (χ2n) is 6.43. The number of amides is 1. The predicted molar refractivity (Wildman–Crippen MR) is 99.0 cm³/mol. The molecule has 1 amide bonds. The van der Waals surface area contributed by atoms with Crippen molar-refractivity contribution < 1.29 is 14.3 Å². The van der Waals surface area contributed by atoms with Crippen LogP contribution in [0.4, 0.5) is 11.4 Å². The van der Waals surface area contributed by atoms with E-state index in [1.807, 2.05) is 25.1 Å². The first-order valence-electron chi connectivity index (χ1n) is 8.60. The smallest absolute Gasteiger partial charge is 0.255 e. The van der Waals surface area contributed by atoms with Gasteiger partial charge in [0.2, 0.25) is 0 Å². The number of nitrogen functional groups attached to an aromatic ring is 1. The van der Waals surface area contributed by atoms with E-state index in [1.165, 1.54) is 0 Å². The van der Waals surface area contributed by atoms with Crippen molar-refractivity contribution in [3.8, 4) is 5.75 Å². The van der Waals surface area contributed by atoms with E-state index in [0.717, 1.165) is 37.4 Å². The summed E-state index contributed by atoms with van der Waals surface area (Å²) in [6, 6.07) is 12.6. The molecule has 1 aliphatic rings. The minimum Gasteiger partial charge on any atom is -0.493 e. The van der Waals surface area contributed by atoms with Gasteiger partial charge in [-0.1, -0.05) is 12.1 Å². The Morgan fingerprint density at radius 1 is 1.24 bits per heavy atom. The first kappa shape index (κ1) is 17.3. The fourth-order valence-electron chi connectivity index (χ4n) is 2.84. The van der Waals surface area contributed by atoms with Crippen molar-refractivity contribution in [3.63, 3.8) is 0 Å². The summed E-state index contributed by atoms with van der Waals surface area (Å²) < 4.78 is 11.4. The number of hydrogen-bond donors (Lipinski definition) is 2. The highest BCUT2D eigenvalue weighted by Crippen LogP contribution is 2.25. The second-order valence-corrected chi connectivity index (χ2v) is 6.43. The maximum absolute atomic E-state index is 12.3. The van der Waals surface area contributed by atoms with Crippen LogP contribution in [0, 0.1) is 12.8 Å². The molecule has 5 heteroatoms. The van der Waals surface area contributed by atoms with Crippen molar-refractivity contribution in [2.24, 2.45) is 5.92 Å². The Morgan fingerprint density at radius 3 is 2.80 bits per heavy atom. The molecular formula is C20H24N2O3. The Labute approximate surface area is 148 Å². The zero-order valence-electron chi connectivity index (χ0n) is 14.5. The Balaban J connectivity index is 1.65. The van der Waals surface area contributed by atoms with Crippen LogP contribution in [0.2, 0.25) is 0 Å². The average molecular weight is 340 g/mol. The molecule has 1 aliphatic heterocycles. The molecule has 0 spiro atoms. The van der Waals surface area contributed by atoms with E-state index in [9.17, 15) is 4.79 Å². The standard InChI is InChI=1S/C20H24N2O3/c1-14-5-6-18(22-20(23)16-3-2-4-17(21)11-16)12-19(14)25-13-15-7-9-24-10-8-15/h2-6,11-12,15H,7-10,13,21H2,1H3,(H,22,23). The molecule has 132 valence electrons. The van der Waals surface area contributed by atoms with E-state index < -0.39 is 0 Å². The van der Waals surface area contributed by atoms with E-state index in [1.54, 1.807) is 24.3 Å². The number of anilines is 2. The van der Waals surface area contributed by atoms with E-state index in [0.29, 0.717) is 29.5 Å². The summed E-state index contributed by atoms with van der Waals surface area (Å²) in [5.41, 5.74) is 8.59. The van der Waals surface area contributed by atoms with Gasteiger partial charge in [-0.2, -0.15) is 0 Å². The van der Waals surface area contributed by atoms with Crippen LogP contribution in [-0.2, 0) is 4.74 Å². The molecule has 3 N–H and O–H groups in total. The summed E-state index contributed by atoms with van der Waals surface area (Å²) >= 11 is 0. The molecule has 1 heterocycles. The van der Waals surface area contributed by atoms with E-state index in [2.05, 4.69) is 5.32 Å². The molecule has 0 bridgehead atoms. The Bertz CT molecular complexity index is 739. The molecule has 2 aromatic carbocycles. The minimum absolute atomic E-state index is 0.188. The maximum atomic E-state index is 12.3. The molecule has 0 saturated carbocycles. The van der Waals surface area contributed by atoms with Crippen LogP contribution in [-0.4, -0.2) is 25.7 Å². The molecule has 0 aliphatic carbocycles. The third-order valence-electron chi connectivity index (χ3n) is 4.41. The monoisotopic (exact) mass is 340 g/mol. The number of nitrogens with two attached hydrogens (primary N) is 1. The van der Waals surface area contributed by atoms with Crippen LogP contribution in [0.25, 0.3) is 0 Å². The molecular weight excluding hydrogens is 316 g/mol. The second kappa shape index (κ2) is 8.03. The van der Waals surface area contributed by atoms with Gasteiger partial charge in [0.25, 0.3) is 5.91 Å². The summed E-state index contributed by atoms with van der Waals surface area (Å²) in [4.78, 5) is 12.3. The number of aryl methyl sites for hydroxylation is 1. The maximum Gasteiger partial charge on any atom is 0.255 e. The Morgan fingerprint density at radius 2 is 2.04 bits per heavy atom. The summed E-state index contributed by atoms with van der Waals surface area (Å²) in [6.45, 7) is 4.30. The van der Waals surface area contributed by atoms with Crippen molar-refractivity contribution in [1.29, 1.82) is 0 Å². The molecule has 25 heavy (non-hydrogen) atoms. The zero-order chi connectivity index (χ0) is 17.6. The van der Waals surface area contributed by atoms with Crippen molar-refractivity contribution in [3.05, 3.63) is 53.6 Å². The number of hydrogen-bond acceptors (Lipinski definition) is 4. The lowest BCUT2D eigenvalue weighted by Crippen LogP contribution is -2.21. The van der Waals surface area contributed by atoms with Crippen molar-refractivity contribution in [1.82, 2.24) is 0 Å². The quantitative estimate of drug-likeness (QED) is 0.815. The van der Waals surface area contributed by atoms with Gasteiger partial charge in [-0.3, -0.25) is 4.79 Å². The third-order valence-corrected chi connectivity index (χ3v) is 4.41. The van der Waals surface area contributed by atoms with Gasteiger partial charge in [0.1, 0.15) is 5.75 Å². The number of carbonyl (C=O) groups excluding carboxylic acids is 1. The normalized spacial score (nSPS) is 14.9. The average Bonchev–Trinajstić information content (AvgIpc) is 2.63. The SMILES string of the molecule is Cc1ccc(NC(=O)c2cccc(N)c2)cc1OCC1CCOCC1. The van der Waals surface area contributed by atoms with Gasteiger partial charge in [0.15, 0.2) is 0 Å². The molecule has 2 aromatic rings. The molecule has 1 saturated heterocycles. The Kier molecular flexibility index (Phi) is 5.56. The fraction of sp³-hybridized carbons (Fsp3) is 0.350. The highest BCUT2D eigenvalue weighted by molar-refractivity contribution is 6.04. The lowest BCUT2D eigenvalue weighted by molar-refractivity contribution is 0.0496. The number of benzene rings is 2. The molecule has 0 unspecified atom stereocenters. The molecule has 3 rings (SSSR count). The van der Waals surface area contributed by atoms with Gasteiger partial charge < -0.3 is 20.5 Å². The van der Waals surface area contributed by atoms with Crippen molar-refractivity contribution in [2.45, 2.75) is 19.8 Å². The molecule has 0 aromatic heterocycles. The van der Waals surface area contributed by atoms with Crippen LogP contribution in [0.1, 0.15) is 28.8 Å². The van der Waals surface area contributed by atoms with Crippen LogP contribution < -0.4 is 15.8 Å². The fourth-order valence-corrected chi connectivity index (χ4v) is 2.84. The summed E-state index contributed by atoms with van der Waals surface area (Å²) in [7, 11) is 0. The van der Waals surface area contributed by atoms with Crippen LogP contribution >= 0.6 is 0 Å². The lowest BCUT2D eigenvalue weighted by Gasteiger charge is -2.22. The Hall–Kier alpha value is -2.53. The number of carbonyl (C=O) groups is 1. The van der Waals surface area contributed by atoms with Gasteiger partial charge in [0.05, 0.1) is 6.61 Å². The van der Waals surface area contributed by atoms with Crippen LogP contribution in [0.5, 0.6) is 5.75 Å². The largest absolute Gasteiger partial charge is 0.493 e. The third kappa shape index (κ3) is 4.73. The molecule has 0 atom stereocenters. The zero-order valence-corrected chi connectivity index (χ0v) is 14.5. The van der Waals surface area contributed by atoms with Gasteiger partial charge in [-0.15, -0.1) is 0 Å². The number of rotatable bonds is 5. The van der Waals surface area contributed by atoms with Gasteiger partial charge >= 0.3 is 0 Å². The van der Waals surface area contributed by atoms with Crippen molar-refractivity contribution in [2.75, 3.05) is 30.9 Å². The first-order chi connectivity index (χ1) is 12.1. The summed E-state index contributed by atoms with van der Waals surface area (Å²) in [5, 5.41) is 2.90. The van der Waals surface area contributed by atoms with E-state index in [-0.39, 0.29) is 5.91 Å². The summed E-state index contributed by atoms with van der Waals surface area (Å²) in [6.07, 6.45) is 2.07. The minimum atomic E-state index is -0.188. The summed E-state index contributed by atoms with van der Waals surface area (Å²) in [5.74, 6) is 1.14. The molecule has 1 fully saturated rings. The van der Waals surface area contributed by atoms with Gasteiger partial charge in [0, 0.05) is 36.2 Å². The van der Waals surface area contributed by atoms with E-state index in [4.69, 9.17) is 15.2 Å². The van der Waals surface area contributed by atoms with Gasteiger partial charge in [-0.25, -0.2) is 0 Å². The highest BCUT2D eigenvalue weighted by Gasteiger charge is 2.15. The van der Waals surface area contributed by atoms with Crippen molar-refractivity contribution >= 4 is 17.3 Å². The van der Waals surface area contributed by atoms with E-state index >= 15 is 0 Å². The van der Waals surface area contributed by atoms with Gasteiger partial charge in [-0.05, 0) is 55.5 Å². The number of ether oxygens (including phenoxy) is 2. The first-order valence-corrected chi connectivity index (χ1v) is 8.60. The highest BCUT2D eigenvalue weighted by atomic mass is 16.5. The van der Waals surface area contributed by atoms with Crippen LogP contribution in [0.15, 0.2) is 42.5 Å². The van der Waals surface area contributed by atoms with Crippen LogP contribution in [0.3, 0.4) is 0 Å². The predicted octanol–water partition coefficient (Wildman–Crippen LogP) is 3.63. The lowest BCUT2D eigenvalue weighted by atomic mass is 10.0.